The smallest absolute Gasteiger partial charge is 0.258 e. The summed E-state index contributed by atoms with van der Waals surface area (Å²) < 4.78 is 45.4. The first-order valence-electron chi connectivity index (χ1n) is 21.1. The SMILES string of the molecule is COc1ccc(C(OC[C@H]2O[C@@H](n3ccc(=O)n4ccnc34)[C@H](O[Si](C)(C)C(C)(C)C)[C@@H]2OP(O)N(C(C)C)C(C)(C)CCC#N)(c2ccccc2)c2ccc(OC)cc2)cc1. The molecule has 0 amide bonds. The molecule has 2 aromatic heterocycles. The Morgan fingerprint density at radius 1 is 0.887 bits per heavy atom. The quantitative estimate of drug-likeness (QED) is 0.0512. The van der Waals surface area contributed by atoms with Crippen LogP contribution in [0.25, 0.3) is 5.78 Å². The van der Waals surface area contributed by atoms with E-state index in [1.54, 1.807) is 32.8 Å². The molecule has 6 rings (SSSR count). The molecule has 62 heavy (non-hydrogen) atoms. The summed E-state index contributed by atoms with van der Waals surface area (Å²) in [7, 11) is -1.65. The zero-order valence-corrected chi connectivity index (χ0v) is 39.7. The Kier molecular flexibility index (Phi) is 14.5. The molecule has 0 bridgehead atoms. The van der Waals surface area contributed by atoms with Gasteiger partial charge in [0.2, 0.25) is 5.78 Å². The third-order valence-corrected chi connectivity index (χ3v) is 18.5. The van der Waals surface area contributed by atoms with Gasteiger partial charge in [0.05, 0.1) is 26.9 Å². The Labute approximate surface area is 368 Å². The van der Waals surface area contributed by atoms with E-state index in [9.17, 15) is 14.9 Å². The van der Waals surface area contributed by atoms with Crippen LogP contribution in [0.3, 0.4) is 0 Å². The molecule has 1 aliphatic heterocycles. The molecule has 5 aromatic rings. The number of hydrogen-bond donors (Lipinski definition) is 1. The van der Waals surface area contributed by atoms with E-state index in [2.05, 4.69) is 44.9 Å². The number of rotatable bonds is 18. The van der Waals surface area contributed by atoms with Crippen LogP contribution in [0.1, 0.15) is 84.2 Å². The van der Waals surface area contributed by atoms with Crippen molar-refractivity contribution in [2.75, 3.05) is 20.8 Å². The predicted octanol–water partition coefficient (Wildman–Crippen LogP) is 9.21. The first-order valence-corrected chi connectivity index (χ1v) is 25.1. The van der Waals surface area contributed by atoms with Gasteiger partial charge in [0.15, 0.2) is 14.5 Å². The van der Waals surface area contributed by atoms with Gasteiger partial charge in [-0.25, -0.2) is 9.65 Å². The van der Waals surface area contributed by atoms with E-state index in [4.69, 9.17) is 27.9 Å². The minimum absolute atomic E-state index is 0.0287. The summed E-state index contributed by atoms with van der Waals surface area (Å²) in [6, 6.07) is 29.3. The summed E-state index contributed by atoms with van der Waals surface area (Å²) in [5, 5.41) is 9.34. The molecule has 1 aliphatic rings. The van der Waals surface area contributed by atoms with Crippen molar-refractivity contribution >= 4 is 22.6 Å². The normalized spacial score (nSPS) is 19.2. The maximum absolute atomic E-state index is 13.1. The highest BCUT2D eigenvalue weighted by atomic mass is 31.2. The lowest BCUT2D eigenvalue weighted by Crippen LogP contribution is -2.50. The highest BCUT2D eigenvalue weighted by Crippen LogP contribution is 2.52. The number of nitrogens with zero attached hydrogens (tertiary/aromatic N) is 5. The topological polar surface area (TPSA) is 142 Å². The van der Waals surface area contributed by atoms with E-state index in [1.807, 2.05) is 116 Å². The number of methoxy groups -OCH3 is 2. The highest BCUT2D eigenvalue weighted by Gasteiger charge is 2.54. The van der Waals surface area contributed by atoms with Gasteiger partial charge in [0.25, 0.3) is 14.1 Å². The lowest BCUT2D eigenvalue weighted by Gasteiger charge is -2.45. The minimum atomic E-state index is -2.62. The van der Waals surface area contributed by atoms with E-state index < -0.39 is 52.5 Å². The summed E-state index contributed by atoms with van der Waals surface area (Å²) in [5.74, 6) is 1.76. The fourth-order valence-corrected chi connectivity index (χ4v) is 10.8. The number of nitriles is 1. The van der Waals surface area contributed by atoms with Gasteiger partial charge in [-0.1, -0.05) is 75.4 Å². The van der Waals surface area contributed by atoms with Crippen molar-refractivity contribution in [3.05, 3.63) is 131 Å². The van der Waals surface area contributed by atoms with E-state index in [0.717, 1.165) is 16.7 Å². The third-order valence-electron chi connectivity index (χ3n) is 12.3. The maximum Gasteiger partial charge on any atom is 0.258 e. The molecule has 1 fully saturated rings. The number of fused-ring (bicyclic) bond motifs is 1. The van der Waals surface area contributed by atoms with Crippen LogP contribution in [-0.2, 0) is 24.0 Å². The van der Waals surface area contributed by atoms with Crippen molar-refractivity contribution in [2.24, 2.45) is 0 Å². The van der Waals surface area contributed by atoms with Crippen LogP contribution in [0.4, 0.5) is 0 Å². The number of imidazole rings is 1. The lowest BCUT2D eigenvalue weighted by molar-refractivity contribution is -0.0928. The summed E-state index contributed by atoms with van der Waals surface area (Å²) in [6.07, 6.45) is 2.32. The summed E-state index contributed by atoms with van der Waals surface area (Å²) in [5.41, 5.74) is 0.513. The van der Waals surface area contributed by atoms with Crippen LogP contribution in [0.5, 0.6) is 11.5 Å². The maximum atomic E-state index is 13.1. The first kappa shape index (κ1) is 47.1. The fourth-order valence-electron chi connectivity index (χ4n) is 8.03. The van der Waals surface area contributed by atoms with E-state index in [1.165, 1.54) is 10.5 Å². The monoisotopic (exact) mass is 883 g/mol. The summed E-state index contributed by atoms with van der Waals surface area (Å²) in [6.45, 7) is 18.9. The predicted molar refractivity (Wildman–Crippen MR) is 244 cm³/mol. The molecule has 0 saturated carbocycles. The van der Waals surface area contributed by atoms with Crippen molar-refractivity contribution in [1.29, 1.82) is 5.26 Å². The van der Waals surface area contributed by atoms with Crippen molar-refractivity contribution in [3.8, 4) is 17.6 Å². The second kappa shape index (κ2) is 19.1. The molecule has 332 valence electrons. The largest absolute Gasteiger partial charge is 0.497 e. The standard InChI is InChI=1S/C47H62N5O8PSi/c1-33(2)52(46(6,7)27-15-28-48)61(54)59-41-39(58-43(42(41)60-62(10,11)45(3,4)5)51-30-26-40(53)50-31-29-49-44(50)51)32-57-47(34-16-13-12-14-17-34,35-18-22-37(55-8)23-19-35)36-20-24-38(56-9)25-21-36/h12-14,16-26,29-31,33,39,41-43,54H,15,27,32H2,1-11H3/t39-,41-,42-,43-,61?/m1/s1. The number of hydrogen-bond acceptors (Lipinski definition) is 11. The van der Waals surface area contributed by atoms with Gasteiger partial charge in [-0.15, -0.1) is 0 Å². The molecular weight excluding hydrogens is 822 g/mol. The van der Waals surface area contributed by atoms with Crippen molar-refractivity contribution in [3.63, 3.8) is 0 Å². The van der Waals surface area contributed by atoms with Gasteiger partial charge in [-0.05, 0) is 93.2 Å². The molecule has 0 aliphatic carbocycles. The Balaban J connectivity index is 1.54. The van der Waals surface area contributed by atoms with Crippen molar-refractivity contribution < 1.29 is 32.8 Å². The van der Waals surface area contributed by atoms with Gasteiger partial charge in [0.1, 0.15) is 35.4 Å². The Morgan fingerprint density at radius 2 is 1.47 bits per heavy atom. The van der Waals surface area contributed by atoms with Gasteiger partial charge in [0, 0.05) is 42.7 Å². The van der Waals surface area contributed by atoms with E-state index in [0.29, 0.717) is 30.1 Å². The minimum Gasteiger partial charge on any atom is -0.497 e. The second-order valence-corrected chi connectivity index (χ2v) is 24.0. The molecule has 1 unspecified atom stereocenters. The van der Waals surface area contributed by atoms with Crippen LogP contribution >= 0.6 is 8.53 Å². The Bertz CT molecular complexity index is 2290. The zero-order valence-electron chi connectivity index (χ0n) is 37.8. The highest BCUT2D eigenvalue weighted by molar-refractivity contribution is 7.43. The van der Waals surface area contributed by atoms with Gasteiger partial charge in [-0.2, -0.15) is 5.26 Å². The number of aromatic nitrogens is 3. The summed E-state index contributed by atoms with van der Waals surface area (Å²) in [4.78, 5) is 30.1. The van der Waals surface area contributed by atoms with Crippen LogP contribution in [0.15, 0.2) is 108 Å². The van der Waals surface area contributed by atoms with Crippen LogP contribution in [-0.4, -0.2) is 82.6 Å². The molecular formula is C47H62N5O8PSi. The average Bonchev–Trinajstić information content (AvgIpc) is 3.86. The Morgan fingerprint density at radius 3 is 2.00 bits per heavy atom. The molecule has 5 atom stereocenters. The number of ether oxygens (including phenoxy) is 4. The van der Waals surface area contributed by atoms with E-state index in [-0.39, 0.29) is 23.2 Å². The average molecular weight is 884 g/mol. The second-order valence-electron chi connectivity index (χ2n) is 18.1. The van der Waals surface area contributed by atoms with Crippen molar-refractivity contribution in [1.82, 2.24) is 18.6 Å². The van der Waals surface area contributed by atoms with Gasteiger partial charge >= 0.3 is 0 Å². The molecule has 3 heterocycles. The molecule has 1 saturated heterocycles. The molecule has 0 radical (unpaired) electrons. The molecule has 0 spiro atoms. The third kappa shape index (κ3) is 9.56. The van der Waals surface area contributed by atoms with Gasteiger partial charge < -0.3 is 32.8 Å². The molecule has 3 aromatic carbocycles. The lowest BCUT2D eigenvalue weighted by atomic mass is 9.80. The fraction of sp³-hybridized carbons (Fsp3) is 0.468. The molecule has 1 N–H and O–H groups in total. The van der Waals surface area contributed by atoms with Crippen molar-refractivity contribution in [2.45, 2.75) is 121 Å². The van der Waals surface area contributed by atoms with Crippen LogP contribution < -0.4 is 15.0 Å². The zero-order chi connectivity index (χ0) is 45.0. The molecule has 13 nitrogen and oxygen atoms in total. The van der Waals surface area contributed by atoms with E-state index >= 15 is 0 Å². The first-order chi connectivity index (χ1) is 29.4. The summed E-state index contributed by atoms with van der Waals surface area (Å²) >= 11 is 0. The van der Waals surface area contributed by atoms with Crippen LogP contribution in [0, 0.1) is 11.3 Å². The van der Waals surface area contributed by atoms with Gasteiger partial charge in [-0.3, -0.25) is 13.8 Å². The Hall–Kier alpha value is -4.42. The number of benzene rings is 3. The molecule has 15 heteroatoms. The van der Waals surface area contributed by atoms with Crippen LogP contribution in [0.2, 0.25) is 18.1 Å².